The van der Waals surface area contributed by atoms with Crippen molar-refractivity contribution in [2.45, 2.75) is 13.8 Å². The molecule has 0 fully saturated rings. The number of benzene rings is 1. The van der Waals surface area contributed by atoms with Crippen LogP contribution in [0.2, 0.25) is 0 Å². The summed E-state index contributed by atoms with van der Waals surface area (Å²) in [6.07, 6.45) is 1.92. The van der Waals surface area contributed by atoms with E-state index in [0.717, 1.165) is 33.7 Å². The van der Waals surface area contributed by atoms with E-state index in [1.54, 1.807) is 11.8 Å². The van der Waals surface area contributed by atoms with E-state index in [1.807, 2.05) is 50.4 Å². The maximum absolute atomic E-state index is 5.27. The molecular formula is C15H15N3O. The Morgan fingerprint density at radius 2 is 1.95 bits per heavy atom. The number of hydrogen-bond donors (Lipinski definition) is 0. The van der Waals surface area contributed by atoms with Gasteiger partial charge in [0.05, 0.1) is 12.8 Å². The van der Waals surface area contributed by atoms with Crippen LogP contribution in [-0.2, 0) is 0 Å². The fourth-order valence-corrected chi connectivity index (χ4v) is 2.18. The van der Waals surface area contributed by atoms with Crippen LogP contribution in [0.25, 0.3) is 16.6 Å². The first-order valence-electron chi connectivity index (χ1n) is 6.15. The number of pyridine rings is 1. The van der Waals surface area contributed by atoms with Gasteiger partial charge in [-0.25, -0.2) is 9.67 Å². The Bertz CT molecular complexity index is 746. The molecule has 0 atom stereocenters. The number of ether oxygens (including phenoxy) is 1. The van der Waals surface area contributed by atoms with Crippen LogP contribution in [0.5, 0.6) is 5.75 Å². The van der Waals surface area contributed by atoms with Crippen LogP contribution in [0.4, 0.5) is 0 Å². The summed E-state index contributed by atoms with van der Waals surface area (Å²) in [5.74, 6) is 1.67. The van der Waals surface area contributed by atoms with E-state index < -0.39 is 0 Å². The number of nitrogens with zero attached hydrogens (tertiary/aromatic N) is 3. The topological polar surface area (TPSA) is 39.9 Å². The van der Waals surface area contributed by atoms with Crippen LogP contribution < -0.4 is 4.74 Å². The predicted molar refractivity (Wildman–Crippen MR) is 74.9 cm³/mol. The summed E-state index contributed by atoms with van der Waals surface area (Å²) < 4.78 is 7.06. The van der Waals surface area contributed by atoms with Crippen molar-refractivity contribution in [3.8, 4) is 11.6 Å². The summed E-state index contributed by atoms with van der Waals surface area (Å²) in [6.45, 7) is 3.97. The van der Waals surface area contributed by atoms with Crippen molar-refractivity contribution in [2.75, 3.05) is 7.11 Å². The Labute approximate surface area is 111 Å². The Balaban J connectivity index is 2.22. The number of fused-ring (bicyclic) bond motifs is 1. The van der Waals surface area contributed by atoms with Crippen LogP contribution in [0.15, 0.2) is 36.5 Å². The van der Waals surface area contributed by atoms with Crippen molar-refractivity contribution in [3.05, 3.63) is 47.9 Å². The van der Waals surface area contributed by atoms with E-state index in [1.165, 1.54) is 0 Å². The van der Waals surface area contributed by atoms with Gasteiger partial charge in [0.25, 0.3) is 0 Å². The first-order valence-corrected chi connectivity index (χ1v) is 6.15. The lowest BCUT2D eigenvalue weighted by atomic mass is 10.1. The monoisotopic (exact) mass is 253 g/mol. The Hall–Kier alpha value is -2.36. The SMILES string of the molecule is COc1ccc2c(C)nc(-n3ccc(C)n3)cc2c1. The lowest BCUT2D eigenvalue weighted by Crippen LogP contribution is -2.00. The molecule has 2 heterocycles. The van der Waals surface area contributed by atoms with Crippen LogP contribution in [0.1, 0.15) is 11.4 Å². The summed E-state index contributed by atoms with van der Waals surface area (Å²) in [6, 6.07) is 10.00. The average molecular weight is 253 g/mol. The molecule has 4 heteroatoms. The van der Waals surface area contributed by atoms with Crippen molar-refractivity contribution >= 4 is 10.8 Å². The molecule has 1 aromatic carbocycles. The molecule has 3 rings (SSSR count). The third kappa shape index (κ3) is 2.05. The molecule has 0 spiro atoms. The van der Waals surface area contributed by atoms with Crippen molar-refractivity contribution in [1.29, 1.82) is 0 Å². The highest BCUT2D eigenvalue weighted by molar-refractivity contribution is 5.87. The molecule has 0 N–H and O–H groups in total. The van der Waals surface area contributed by atoms with Crippen molar-refractivity contribution in [3.63, 3.8) is 0 Å². The molecule has 0 saturated heterocycles. The summed E-state index contributed by atoms with van der Waals surface area (Å²) in [4.78, 5) is 4.60. The van der Waals surface area contributed by atoms with E-state index in [2.05, 4.69) is 10.1 Å². The first kappa shape index (κ1) is 11.7. The largest absolute Gasteiger partial charge is 0.497 e. The smallest absolute Gasteiger partial charge is 0.154 e. The highest BCUT2D eigenvalue weighted by Gasteiger charge is 2.06. The van der Waals surface area contributed by atoms with Crippen LogP contribution >= 0.6 is 0 Å². The highest BCUT2D eigenvalue weighted by atomic mass is 16.5. The Morgan fingerprint density at radius 1 is 1.11 bits per heavy atom. The molecule has 0 aliphatic rings. The van der Waals surface area contributed by atoms with Crippen molar-refractivity contribution in [2.24, 2.45) is 0 Å². The molecular weight excluding hydrogens is 238 g/mol. The third-order valence-electron chi connectivity index (χ3n) is 3.17. The van der Waals surface area contributed by atoms with Gasteiger partial charge >= 0.3 is 0 Å². The zero-order valence-corrected chi connectivity index (χ0v) is 11.2. The zero-order valence-electron chi connectivity index (χ0n) is 11.2. The molecule has 3 aromatic rings. The van der Waals surface area contributed by atoms with Crippen molar-refractivity contribution < 1.29 is 4.74 Å². The molecule has 0 amide bonds. The van der Waals surface area contributed by atoms with E-state index in [9.17, 15) is 0 Å². The fraction of sp³-hybridized carbons (Fsp3) is 0.200. The number of aromatic nitrogens is 3. The van der Waals surface area contributed by atoms with Crippen LogP contribution in [0, 0.1) is 13.8 Å². The summed E-state index contributed by atoms with van der Waals surface area (Å²) in [5.41, 5.74) is 1.97. The molecule has 0 saturated carbocycles. The second-order valence-corrected chi connectivity index (χ2v) is 4.55. The standard InChI is InChI=1S/C15H15N3O/c1-10-6-7-18(17-10)15-9-12-8-13(19-3)4-5-14(12)11(2)16-15/h4-9H,1-3H3. The van der Waals surface area contributed by atoms with Gasteiger partial charge in [0.1, 0.15) is 5.75 Å². The van der Waals surface area contributed by atoms with Gasteiger partial charge in [-0.3, -0.25) is 0 Å². The third-order valence-corrected chi connectivity index (χ3v) is 3.17. The number of rotatable bonds is 2. The normalized spacial score (nSPS) is 10.9. The molecule has 0 radical (unpaired) electrons. The van der Waals surface area contributed by atoms with Gasteiger partial charge in [-0.1, -0.05) is 0 Å². The Kier molecular flexibility index (Phi) is 2.71. The molecule has 19 heavy (non-hydrogen) atoms. The minimum atomic E-state index is 0.825. The van der Waals surface area contributed by atoms with Gasteiger partial charge in [0.2, 0.25) is 0 Å². The minimum Gasteiger partial charge on any atom is -0.497 e. The van der Waals surface area contributed by atoms with Crippen molar-refractivity contribution in [1.82, 2.24) is 14.8 Å². The van der Waals surface area contributed by atoms with E-state index in [4.69, 9.17) is 4.74 Å². The average Bonchev–Trinajstić information content (AvgIpc) is 2.84. The maximum Gasteiger partial charge on any atom is 0.154 e. The summed E-state index contributed by atoms with van der Waals surface area (Å²) in [7, 11) is 1.67. The molecule has 0 unspecified atom stereocenters. The first-order chi connectivity index (χ1) is 9.17. The van der Waals surface area contributed by atoms with Gasteiger partial charge in [-0.05, 0) is 49.6 Å². The van der Waals surface area contributed by atoms with E-state index in [-0.39, 0.29) is 0 Å². The fourth-order valence-electron chi connectivity index (χ4n) is 2.18. The number of aryl methyl sites for hydroxylation is 2. The van der Waals surface area contributed by atoms with E-state index >= 15 is 0 Å². The molecule has 0 bridgehead atoms. The van der Waals surface area contributed by atoms with Gasteiger partial charge in [-0.2, -0.15) is 5.10 Å². The number of methoxy groups -OCH3 is 1. The van der Waals surface area contributed by atoms with Gasteiger partial charge < -0.3 is 4.74 Å². The second kappa shape index (κ2) is 4.39. The lowest BCUT2D eigenvalue weighted by molar-refractivity contribution is 0.415. The van der Waals surface area contributed by atoms with Gasteiger partial charge in [-0.15, -0.1) is 0 Å². The molecule has 0 aliphatic heterocycles. The molecule has 0 aliphatic carbocycles. The van der Waals surface area contributed by atoms with Gasteiger partial charge in [0.15, 0.2) is 5.82 Å². The molecule has 96 valence electrons. The lowest BCUT2D eigenvalue weighted by Gasteiger charge is -2.08. The number of hydrogen-bond acceptors (Lipinski definition) is 3. The molecule has 4 nitrogen and oxygen atoms in total. The maximum atomic E-state index is 5.27. The second-order valence-electron chi connectivity index (χ2n) is 4.55. The summed E-state index contributed by atoms with van der Waals surface area (Å²) in [5, 5.41) is 6.63. The van der Waals surface area contributed by atoms with Crippen LogP contribution in [0.3, 0.4) is 0 Å². The quantitative estimate of drug-likeness (QED) is 0.704. The van der Waals surface area contributed by atoms with E-state index in [0.29, 0.717) is 0 Å². The minimum absolute atomic E-state index is 0.825. The summed E-state index contributed by atoms with van der Waals surface area (Å²) >= 11 is 0. The van der Waals surface area contributed by atoms with Gasteiger partial charge in [0, 0.05) is 17.3 Å². The highest BCUT2D eigenvalue weighted by Crippen LogP contribution is 2.24. The van der Waals surface area contributed by atoms with Crippen LogP contribution in [-0.4, -0.2) is 21.9 Å². The zero-order chi connectivity index (χ0) is 13.4. The predicted octanol–water partition coefficient (Wildman–Crippen LogP) is 3.05. The Morgan fingerprint density at radius 3 is 2.63 bits per heavy atom. The molecule has 2 aromatic heterocycles.